The lowest BCUT2D eigenvalue weighted by atomic mass is 9.92. The molecule has 0 saturated heterocycles. The van der Waals surface area contributed by atoms with Crippen molar-refractivity contribution in [2.75, 3.05) is 6.54 Å². The Morgan fingerprint density at radius 3 is 2.75 bits per heavy atom. The molecule has 90 valence electrons. The second-order valence-electron chi connectivity index (χ2n) is 4.46. The summed E-state index contributed by atoms with van der Waals surface area (Å²) in [6.45, 7) is 7.31. The Bertz CT molecular complexity index is 344. The summed E-state index contributed by atoms with van der Waals surface area (Å²) >= 11 is 0. The first-order chi connectivity index (χ1) is 7.60. The zero-order chi connectivity index (χ0) is 12.1. The van der Waals surface area contributed by atoms with Crippen molar-refractivity contribution in [3.05, 3.63) is 18.0 Å². The van der Waals surface area contributed by atoms with Gasteiger partial charge in [-0.3, -0.25) is 9.48 Å². The minimum atomic E-state index is -0.0815. The van der Waals surface area contributed by atoms with E-state index in [0.717, 1.165) is 6.42 Å². The number of hydrogen-bond donors (Lipinski definition) is 1. The summed E-state index contributed by atoms with van der Waals surface area (Å²) in [5.41, 5.74) is 6.35. The molecule has 16 heavy (non-hydrogen) atoms. The van der Waals surface area contributed by atoms with E-state index in [9.17, 15) is 4.79 Å². The molecular weight excluding hydrogens is 202 g/mol. The van der Waals surface area contributed by atoms with Crippen LogP contribution in [0.25, 0.3) is 0 Å². The van der Waals surface area contributed by atoms with Gasteiger partial charge in [-0.1, -0.05) is 13.8 Å². The maximum atomic E-state index is 12.2. The Kier molecular flexibility index (Phi) is 4.68. The third kappa shape index (κ3) is 2.92. The summed E-state index contributed by atoms with van der Waals surface area (Å²) in [5, 5.41) is 4.11. The lowest BCUT2D eigenvalue weighted by molar-refractivity contribution is 0.0897. The quantitative estimate of drug-likeness (QED) is 0.747. The monoisotopic (exact) mass is 223 g/mol. The minimum absolute atomic E-state index is 0.0815. The average molecular weight is 223 g/mol. The average Bonchev–Trinajstić information content (AvgIpc) is 2.72. The molecule has 0 aliphatic heterocycles. The molecule has 0 amide bonds. The number of ketones is 1. The van der Waals surface area contributed by atoms with Crippen LogP contribution in [0.4, 0.5) is 0 Å². The molecule has 0 saturated carbocycles. The zero-order valence-electron chi connectivity index (χ0n) is 10.3. The maximum absolute atomic E-state index is 12.2. The number of aromatic nitrogens is 2. The predicted octanol–water partition coefficient (Wildman–Crippen LogP) is 1.71. The number of rotatable bonds is 6. The van der Waals surface area contributed by atoms with Gasteiger partial charge in [-0.25, -0.2) is 0 Å². The highest BCUT2D eigenvalue weighted by molar-refractivity contribution is 5.96. The van der Waals surface area contributed by atoms with Gasteiger partial charge in [0.15, 0.2) is 5.78 Å². The van der Waals surface area contributed by atoms with E-state index >= 15 is 0 Å². The molecule has 4 nitrogen and oxygen atoms in total. The first-order valence-corrected chi connectivity index (χ1v) is 5.86. The van der Waals surface area contributed by atoms with Crippen molar-refractivity contribution < 1.29 is 4.79 Å². The highest BCUT2D eigenvalue weighted by Crippen LogP contribution is 2.16. The van der Waals surface area contributed by atoms with Crippen LogP contribution in [-0.4, -0.2) is 22.1 Å². The number of nitrogens with two attached hydrogens (primary N) is 1. The molecule has 0 spiro atoms. The molecule has 0 aliphatic rings. The summed E-state index contributed by atoms with van der Waals surface area (Å²) in [4.78, 5) is 12.2. The normalized spacial score (nSPS) is 13.1. The molecule has 0 aliphatic carbocycles. The maximum Gasteiger partial charge on any atom is 0.185 e. The van der Waals surface area contributed by atoms with Crippen LogP contribution in [0.5, 0.6) is 0 Å². The van der Waals surface area contributed by atoms with Crippen molar-refractivity contribution in [2.24, 2.45) is 17.6 Å². The fourth-order valence-electron chi connectivity index (χ4n) is 1.88. The molecule has 2 N–H and O–H groups in total. The fourth-order valence-corrected chi connectivity index (χ4v) is 1.88. The second-order valence-corrected chi connectivity index (χ2v) is 4.46. The molecule has 1 unspecified atom stereocenters. The molecule has 0 aromatic carbocycles. The Labute approximate surface area is 96.8 Å². The van der Waals surface area contributed by atoms with E-state index in [-0.39, 0.29) is 11.7 Å². The molecule has 1 atom stereocenters. The summed E-state index contributed by atoms with van der Waals surface area (Å²) in [6.07, 6.45) is 2.50. The van der Waals surface area contributed by atoms with Crippen molar-refractivity contribution in [2.45, 2.75) is 33.7 Å². The van der Waals surface area contributed by atoms with Crippen LogP contribution in [0, 0.1) is 11.8 Å². The van der Waals surface area contributed by atoms with Gasteiger partial charge >= 0.3 is 0 Å². The van der Waals surface area contributed by atoms with E-state index in [1.54, 1.807) is 16.9 Å². The molecule has 0 fully saturated rings. The van der Waals surface area contributed by atoms with Crippen molar-refractivity contribution in [1.29, 1.82) is 0 Å². The standard InChI is InChI=1S/C12H21N3O/c1-4-15-11(5-6-14-15)12(16)10(8-13)7-9(2)3/h5-6,9-10H,4,7-8,13H2,1-3H3. The van der Waals surface area contributed by atoms with Gasteiger partial charge < -0.3 is 5.73 Å². The van der Waals surface area contributed by atoms with Crippen LogP contribution in [0.3, 0.4) is 0 Å². The second kappa shape index (κ2) is 5.80. The van der Waals surface area contributed by atoms with Gasteiger partial charge in [-0.05, 0) is 25.3 Å². The molecule has 1 aromatic heterocycles. The van der Waals surface area contributed by atoms with Crippen LogP contribution in [0.2, 0.25) is 0 Å². The van der Waals surface area contributed by atoms with Gasteiger partial charge in [0, 0.05) is 25.2 Å². The number of aryl methyl sites for hydroxylation is 1. The van der Waals surface area contributed by atoms with Crippen molar-refractivity contribution in [3.8, 4) is 0 Å². The van der Waals surface area contributed by atoms with Crippen LogP contribution >= 0.6 is 0 Å². The fraction of sp³-hybridized carbons (Fsp3) is 0.667. The summed E-state index contributed by atoms with van der Waals surface area (Å²) in [6, 6.07) is 1.77. The third-order valence-electron chi connectivity index (χ3n) is 2.68. The van der Waals surface area contributed by atoms with E-state index in [2.05, 4.69) is 18.9 Å². The Morgan fingerprint density at radius 1 is 1.56 bits per heavy atom. The molecular formula is C12H21N3O. The number of Topliss-reactive ketones (excluding diaryl/α,β-unsaturated/α-hetero) is 1. The number of nitrogens with zero attached hydrogens (tertiary/aromatic N) is 2. The molecule has 0 bridgehead atoms. The van der Waals surface area contributed by atoms with Gasteiger partial charge in [0.05, 0.1) is 0 Å². The molecule has 1 aromatic rings. The Morgan fingerprint density at radius 2 is 2.25 bits per heavy atom. The van der Waals surface area contributed by atoms with Crippen LogP contribution in [0.1, 0.15) is 37.7 Å². The van der Waals surface area contributed by atoms with Crippen molar-refractivity contribution in [1.82, 2.24) is 9.78 Å². The van der Waals surface area contributed by atoms with Crippen molar-refractivity contribution in [3.63, 3.8) is 0 Å². The highest BCUT2D eigenvalue weighted by Gasteiger charge is 2.22. The summed E-state index contributed by atoms with van der Waals surface area (Å²) in [5.74, 6) is 0.521. The van der Waals surface area contributed by atoms with Gasteiger partial charge in [-0.15, -0.1) is 0 Å². The molecule has 1 rings (SSSR count). The van der Waals surface area contributed by atoms with E-state index in [1.165, 1.54) is 0 Å². The number of carbonyl (C=O) groups is 1. The third-order valence-corrected chi connectivity index (χ3v) is 2.68. The number of carbonyl (C=O) groups excluding carboxylic acids is 1. The van der Waals surface area contributed by atoms with Crippen LogP contribution < -0.4 is 5.73 Å². The van der Waals surface area contributed by atoms with Crippen molar-refractivity contribution >= 4 is 5.78 Å². The molecule has 4 heteroatoms. The van der Waals surface area contributed by atoms with Gasteiger partial charge in [-0.2, -0.15) is 5.10 Å². The SMILES string of the molecule is CCn1nccc1C(=O)C(CN)CC(C)C. The Hall–Kier alpha value is -1.16. The smallest absolute Gasteiger partial charge is 0.185 e. The van der Waals surface area contributed by atoms with E-state index in [0.29, 0.717) is 24.7 Å². The lowest BCUT2D eigenvalue weighted by Crippen LogP contribution is -2.27. The van der Waals surface area contributed by atoms with E-state index < -0.39 is 0 Å². The summed E-state index contributed by atoms with van der Waals surface area (Å²) < 4.78 is 1.73. The molecule has 0 radical (unpaired) electrons. The largest absolute Gasteiger partial charge is 0.330 e. The summed E-state index contributed by atoms with van der Waals surface area (Å²) in [7, 11) is 0. The minimum Gasteiger partial charge on any atom is -0.330 e. The van der Waals surface area contributed by atoms with E-state index in [4.69, 9.17) is 5.73 Å². The van der Waals surface area contributed by atoms with E-state index in [1.807, 2.05) is 6.92 Å². The topological polar surface area (TPSA) is 60.9 Å². The highest BCUT2D eigenvalue weighted by atomic mass is 16.1. The van der Waals surface area contributed by atoms with Crippen LogP contribution in [-0.2, 0) is 6.54 Å². The zero-order valence-corrected chi connectivity index (χ0v) is 10.3. The first kappa shape index (κ1) is 12.9. The lowest BCUT2D eigenvalue weighted by Gasteiger charge is -2.16. The molecule has 1 heterocycles. The van der Waals surface area contributed by atoms with Gasteiger partial charge in [0.2, 0.25) is 0 Å². The first-order valence-electron chi connectivity index (χ1n) is 5.86. The predicted molar refractivity (Wildman–Crippen MR) is 64.2 cm³/mol. The van der Waals surface area contributed by atoms with Gasteiger partial charge in [0.1, 0.15) is 5.69 Å². The Balaban J connectivity index is 2.82. The number of hydrogen-bond acceptors (Lipinski definition) is 3. The van der Waals surface area contributed by atoms with Crippen LogP contribution in [0.15, 0.2) is 12.3 Å². The van der Waals surface area contributed by atoms with Gasteiger partial charge in [0.25, 0.3) is 0 Å².